The van der Waals surface area contributed by atoms with E-state index in [2.05, 4.69) is 0 Å². The molecule has 0 saturated heterocycles. The molecule has 0 aliphatic carbocycles. The molecule has 4 rings (SSSR count). The third-order valence-electron chi connectivity index (χ3n) is 5.06. The number of ether oxygens (including phenoxy) is 1. The summed E-state index contributed by atoms with van der Waals surface area (Å²) in [5.74, 6) is -0.267. The Hall–Kier alpha value is -3.58. The lowest BCUT2D eigenvalue weighted by molar-refractivity contribution is 0.101. The van der Waals surface area contributed by atoms with Gasteiger partial charge in [0.15, 0.2) is 5.76 Å². The Kier molecular flexibility index (Phi) is 4.83. The molecule has 6 nitrogen and oxygen atoms in total. The first-order chi connectivity index (χ1) is 14.3. The van der Waals surface area contributed by atoms with Gasteiger partial charge in [0.2, 0.25) is 5.78 Å². The van der Waals surface area contributed by atoms with Crippen molar-refractivity contribution in [3.63, 3.8) is 0 Å². The first-order valence-corrected chi connectivity index (χ1v) is 10.6. The summed E-state index contributed by atoms with van der Waals surface area (Å²) in [4.78, 5) is 13.2. The number of hydrogen-bond donors (Lipinski definition) is 1. The van der Waals surface area contributed by atoms with E-state index in [1.807, 2.05) is 30.3 Å². The molecule has 0 radical (unpaired) electrons. The normalized spacial score (nSPS) is 14.9. The quantitative estimate of drug-likeness (QED) is 0.641. The van der Waals surface area contributed by atoms with Gasteiger partial charge in [-0.05, 0) is 41.5 Å². The summed E-state index contributed by atoms with van der Waals surface area (Å²) in [5.41, 5.74) is 1.71. The summed E-state index contributed by atoms with van der Waals surface area (Å²) in [5, 5.41) is 10.7. The van der Waals surface area contributed by atoms with Crippen LogP contribution < -0.4 is 4.74 Å². The molecule has 0 fully saturated rings. The second kappa shape index (κ2) is 7.35. The first kappa shape index (κ1) is 19.7. The number of methoxy groups -OCH3 is 1. The minimum atomic E-state index is -3.95. The van der Waals surface area contributed by atoms with Gasteiger partial charge in [0, 0.05) is 18.2 Å². The number of likely N-dealkylation sites (N-methyl/N-ethyl adjacent to an activating group) is 1. The number of carbonyl (C=O) groups is 1. The van der Waals surface area contributed by atoms with Crippen molar-refractivity contribution < 1.29 is 23.1 Å². The molecule has 7 heteroatoms. The molecule has 0 unspecified atom stereocenters. The Morgan fingerprint density at radius 1 is 0.933 bits per heavy atom. The Morgan fingerprint density at radius 3 is 2.33 bits per heavy atom. The molecular weight excluding hydrogens is 402 g/mol. The number of nitrogens with zero attached hydrogens (tertiary/aromatic N) is 1. The molecule has 1 N–H and O–H groups in total. The maximum absolute atomic E-state index is 13.3. The summed E-state index contributed by atoms with van der Waals surface area (Å²) in [6.07, 6.45) is 0. The van der Waals surface area contributed by atoms with Crippen molar-refractivity contribution in [3.05, 3.63) is 89.6 Å². The van der Waals surface area contributed by atoms with Crippen molar-refractivity contribution in [1.29, 1.82) is 0 Å². The molecule has 0 spiro atoms. The van der Waals surface area contributed by atoms with Crippen LogP contribution in [0.25, 0.3) is 16.9 Å². The lowest BCUT2D eigenvalue weighted by Crippen LogP contribution is -2.35. The molecule has 3 aromatic carbocycles. The molecule has 0 amide bonds. The second-order valence-corrected chi connectivity index (χ2v) is 8.75. The van der Waals surface area contributed by atoms with E-state index in [0.717, 1.165) is 15.4 Å². The molecule has 3 aromatic rings. The molecule has 0 atom stereocenters. The summed E-state index contributed by atoms with van der Waals surface area (Å²) in [7, 11) is -1.11. The maximum Gasteiger partial charge on any atom is 0.265 e. The first-order valence-electron chi connectivity index (χ1n) is 9.15. The van der Waals surface area contributed by atoms with Crippen molar-refractivity contribution >= 4 is 21.6 Å². The number of ketones is 1. The van der Waals surface area contributed by atoms with Gasteiger partial charge < -0.3 is 9.84 Å². The van der Waals surface area contributed by atoms with Crippen LogP contribution in [-0.2, 0) is 10.0 Å². The van der Waals surface area contributed by atoms with Crippen LogP contribution in [0, 0.1) is 0 Å². The molecule has 0 saturated carbocycles. The van der Waals surface area contributed by atoms with E-state index in [1.54, 1.807) is 37.4 Å². The highest BCUT2D eigenvalue weighted by atomic mass is 32.2. The van der Waals surface area contributed by atoms with E-state index in [0.29, 0.717) is 5.75 Å². The van der Waals surface area contributed by atoms with Gasteiger partial charge in [-0.2, -0.15) is 0 Å². The highest BCUT2D eigenvalue weighted by Gasteiger charge is 2.37. The number of allylic oxidation sites excluding steroid dienone is 1. The lowest BCUT2D eigenvalue weighted by Gasteiger charge is -2.28. The predicted octanol–water partition coefficient (Wildman–Crippen LogP) is 4.11. The lowest BCUT2D eigenvalue weighted by atomic mass is 9.99. The highest BCUT2D eigenvalue weighted by Crippen LogP contribution is 2.36. The molecule has 152 valence electrons. The average Bonchev–Trinajstić information content (AvgIpc) is 2.78. The fraction of sp³-hybridized carbons (Fsp3) is 0.0870. The number of fused-ring (bicyclic) bond motifs is 1. The van der Waals surface area contributed by atoms with Gasteiger partial charge in [-0.15, -0.1) is 0 Å². The molecular formula is C23H19NO5S. The number of aliphatic hydroxyl groups excluding tert-OH is 1. The summed E-state index contributed by atoms with van der Waals surface area (Å²) >= 11 is 0. The van der Waals surface area contributed by atoms with Crippen molar-refractivity contribution in [1.82, 2.24) is 4.31 Å². The summed E-state index contributed by atoms with van der Waals surface area (Å²) < 4.78 is 31.8. The molecule has 0 bridgehead atoms. The SMILES string of the molecule is COc1cccc(-c2cccc(C(=O)C3=C(O)c4ccccc4S(=O)(=O)N3C)c2)c1. The average molecular weight is 421 g/mol. The number of sulfonamides is 1. The van der Waals surface area contributed by atoms with Crippen LogP contribution in [0.4, 0.5) is 0 Å². The van der Waals surface area contributed by atoms with Gasteiger partial charge in [0.25, 0.3) is 10.0 Å². The fourth-order valence-electron chi connectivity index (χ4n) is 3.46. The number of rotatable bonds is 4. The number of benzene rings is 3. The van der Waals surface area contributed by atoms with E-state index in [9.17, 15) is 18.3 Å². The largest absolute Gasteiger partial charge is 0.505 e. The van der Waals surface area contributed by atoms with Crippen LogP contribution in [-0.4, -0.2) is 37.8 Å². The summed E-state index contributed by atoms with van der Waals surface area (Å²) in [6, 6.07) is 20.3. The zero-order chi connectivity index (χ0) is 21.5. The van der Waals surface area contributed by atoms with E-state index in [-0.39, 0.29) is 27.5 Å². The number of aliphatic hydroxyl groups is 1. The van der Waals surface area contributed by atoms with Crippen molar-refractivity contribution in [3.8, 4) is 16.9 Å². The van der Waals surface area contributed by atoms with Crippen LogP contribution >= 0.6 is 0 Å². The van der Waals surface area contributed by atoms with E-state index >= 15 is 0 Å². The standard InChI is InChI=1S/C23H19NO5S/c1-24-21(23(26)19-11-3-4-12-20(19)30(24,27)28)22(25)17-9-5-7-15(13-17)16-8-6-10-18(14-16)29-2/h3-14,26H,1-2H3. The molecule has 1 aliphatic heterocycles. The monoisotopic (exact) mass is 421 g/mol. The third-order valence-corrected chi connectivity index (χ3v) is 6.88. The van der Waals surface area contributed by atoms with E-state index < -0.39 is 15.8 Å². The van der Waals surface area contributed by atoms with Gasteiger partial charge in [0.05, 0.1) is 12.0 Å². The predicted molar refractivity (Wildman–Crippen MR) is 114 cm³/mol. The van der Waals surface area contributed by atoms with Gasteiger partial charge in [-0.1, -0.05) is 42.5 Å². The zero-order valence-electron chi connectivity index (χ0n) is 16.4. The van der Waals surface area contributed by atoms with Crippen molar-refractivity contribution in [2.75, 3.05) is 14.2 Å². The Balaban J connectivity index is 1.82. The van der Waals surface area contributed by atoms with Crippen LogP contribution in [0.3, 0.4) is 0 Å². The second-order valence-electron chi connectivity index (χ2n) is 6.81. The smallest absolute Gasteiger partial charge is 0.265 e. The number of hydrogen-bond acceptors (Lipinski definition) is 5. The molecule has 30 heavy (non-hydrogen) atoms. The van der Waals surface area contributed by atoms with E-state index in [4.69, 9.17) is 4.74 Å². The van der Waals surface area contributed by atoms with Gasteiger partial charge in [-0.3, -0.25) is 9.10 Å². The summed E-state index contributed by atoms with van der Waals surface area (Å²) in [6.45, 7) is 0. The Morgan fingerprint density at radius 2 is 1.60 bits per heavy atom. The topological polar surface area (TPSA) is 83.9 Å². The van der Waals surface area contributed by atoms with E-state index in [1.165, 1.54) is 19.2 Å². The maximum atomic E-state index is 13.3. The van der Waals surface area contributed by atoms with Gasteiger partial charge in [-0.25, -0.2) is 8.42 Å². The van der Waals surface area contributed by atoms with Gasteiger partial charge >= 0.3 is 0 Å². The van der Waals surface area contributed by atoms with Crippen LogP contribution in [0.5, 0.6) is 5.75 Å². The zero-order valence-corrected chi connectivity index (χ0v) is 17.2. The van der Waals surface area contributed by atoms with Crippen LogP contribution in [0.2, 0.25) is 0 Å². The Labute approximate surface area is 174 Å². The minimum Gasteiger partial charge on any atom is -0.505 e. The molecule has 0 aromatic heterocycles. The van der Waals surface area contributed by atoms with Crippen LogP contribution in [0.15, 0.2) is 83.4 Å². The van der Waals surface area contributed by atoms with Crippen molar-refractivity contribution in [2.24, 2.45) is 0 Å². The minimum absolute atomic E-state index is 0.0355. The third kappa shape index (κ3) is 3.13. The molecule has 1 aliphatic rings. The van der Waals surface area contributed by atoms with Gasteiger partial charge in [0.1, 0.15) is 11.4 Å². The Bertz CT molecular complexity index is 1290. The van der Waals surface area contributed by atoms with Crippen molar-refractivity contribution in [2.45, 2.75) is 4.90 Å². The van der Waals surface area contributed by atoms with Crippen LogP contribution in [0.1, 0.15) is 15.9 Å². The fourth-order valence-corrected chi connectivity index (χ4v) is 4.86. The molecule has 1 heterocycles. The number of Topliss-reactive ketones (excluding diaryl/α,β-unsaturated/α-hetero) is 1. The number of carbonyl (C=O) groups excluding carboxylic acids is 1. The highest BCUT2D eigenvalue weighted by molar-refractivity contribution is 7.89.